The molecule has 0 bridgehead atoms. The Morgan fingerprint density at radius 2 is 1.95 bits per heavy atom. The molecule has 106 valence electrons. The highest BCUT2D eigenvalue weighted by Crippen LogP contribution is 2.06. The molecular weight excluding hydrogens is 306 g/mol. The molecule has 0 atom stereocenters. The van der Waals surface area contributed by atoms with Gasteiger partial charge < -0.3 is 0 Å². The molecule has 1 aromatic rings. The predicted molar refractivity (Wildman–Crippen MR) is 81.4 cm³/mol. The zero-order valence-electron chi connectivity index (χ0n) is 11.6. The van der Waals surface area contributed by atoms with Crippen LogP contribution >= 0.6 is 15.9 Å². The van der Waals surface area contributed by atoms with Crippen molar-refractivity contribution in [2.24, 2.45) is 11.8 Å². The molecule has 4 nitrogen and oxygen atoms in total. The summed E-state index contributed by atoms with van der Waals surface area (Å²) in [6, 6.07) is 10.1. The molecule has 0 saturated carbocycles. The number of nitrogens with zero attached hydrogens (tertiary/aromatic N) is 2. The number of rotatable bonds is 7. The molecule has 0 fully saturated rings. The molecule has 2 N–H and O–H groups in total. The summed E-state index contributed by atoms with van der Waals surface area (Å²) in [5.41, 5.74) is 1.82. The van der Waals surface area contributed by atoms with E-state index in [4.69, 9.17) is 5.84 Å². The van der Waals surface area contributed by atoms with Crippen LogP contribution in [0.1, 0.15) is 19.4 Å². The first-order chi connectivity index (χ1) is 9.02. The predicted octanol–water partition coefficient (Wildman–Crippen LogP) is 2.20. The average Bonchev–Trinajstić information content (AvgIpc) is 2.38. The van der Waals surface area contributed by atoms with E-state index in [1.165, 1.54) is 10.6 Å². The summed E-state index contributed by atoms with van der Waals surface area (Å²) in [6.45, 7) is 5.72. The average molecular weight is 328 g/mol. The highest BCUT2D eigenvalue weighted by atomic mass is 79.9. The number of amides is 1. The van der Waals surface area contributed by atoms with E-state index < -0.39 is 0 Å². The van der Waals surface area contributed by atoms with Gasteiger partial charge in [0.15, 0.2) is 0 Å². The third-order valence-corrected chi connectivity index (χ3v) is 3.37. The smallest absolute Gasteiger partial charge is 0.250 e. The Hall–Kier alpha value is -0.910. The van der Waals surface area contributed by atoms with Crippen molar-refractivity contribution in [3.05, 3.63) is 35.9 Å². The topological polar surface area (TPSA) is 49.6 Å². The summed E-state index contributed by atoms with van der Waals surface area (Å²) in [4.78, 5) is 14.0. The molecule has 0 saturated heterocycles. The van der Waals surface area contributed by atoms with Crippen LogP contribution in [0.4, 0.5) is 0 Å². The molecular formula is C14H22BrN3O. The first-order valence-electron chi connectivity index (χ1n) is 6.40. The van der Waals surface area contributed by atoms with Gasteiger partial charge in [-0.1, -0.05) is 60.1 Å². The number of nitrogens with two attached hydrogens (primary N) is 1. The molecule has 0 unspecified atom stereocenters. The van der Waals surface area contributed by atoms with Gasteiger partial charge in [0.2, 0.25) is 0 Å². The SMILES string of the molecule is CC(C)CN(N)C(=O)CN(CBr)Cc1ccccc1. The lowest BCUT2D eigenvalue weighted by molar-refractivity contribution is -0.133. The number of carbonyl (C=O) groups is 1. The molecule has 0 spiro atoms. The third-order valence-electron chi connectivity index (χ3n) is 2.66. The lowest BCUT2D eigenvalue weighted by atomic mass is 10.2. The Morgan fingerprint density at radius 3 is 2.47 bits per heavy atom. The number of hydrogen-bond donors (Lipinski definition) is 1. The highest BCUT2D eigenvalue weighted by molar-refractivity contribution is 9.09. The first-order valence-corrected chi connectivity index (χ1v) is 7.52. The first kappa shape index (κ1) is 16.1. The summed E-state index contributed by atoms with van der Waals surface area (Å²) < 4.78 is 0. The fourth-order valence-corrected chi connectivity index (χ4v) is 2.11. The monoisotopic (exact) mass is 327 g/mol. The van der Waals surface area contributed by atoms with Crippen LogP contribution < -0.4 is 5.84 Å². The largest absolute Gasteiger partial charge is 0.280 e. The van der Waals surface area contributed by atoms with Crippen molar-refractivity contribution in [2.45, 2.75) is 20.4 Å². The van der Waals surface area contributed by atoms with Crippen LogP contribution in [-0.4, -0.2) is 34.4 Å². The van der Waals surface area contributed by atoms with Crippen molar-refractivity contribution in [2.75, 3.05) is 18.5 Å². The lowest BCUT2D eigenvalue weighted by Gasteiger charge is -2.24. The van der Waals surface area contributed by atoms with Crippen molar-refractivity contribution < 1.29 is 4.79 Å². The van der Waals surface area contributed by atoms with Crippen molar-refractivity contribution in [1.82, 2.24) is 9.91 Å². The Bertz CT molecular complexity index is 384. The maximum atomic E-state index is 12.0. The summed E-state index contributed by atoms with van der Waals surface area (Å²) in [5, 5.41) is 1.31. The zero-order chi connectivity index (χ0) is 14.3. The fourth-order valence-electron chi connectivity index (χ4n) is 1.76. The second-order valence-corrected chi connectivity index (χ2v) is 5.53. The van der Waals surface area contributed by atoms with Crippen LogP contribution in [0.15, 0.2) is 30.3 Å². The van der Waals surface area contributed by atoms with Gasteiger partial charge in [-0.2, -0.15) is 0 Å². The van der Waals surface area contributed by atoms with Crippen molar-refractivity contribution in [3.63, 3.8) is 0 Å². The van der Waals surface area contributed by atoms with Crippen LogP contribution in [-0.2, 0) is 11.3 Å². The third kappa shape index (κ3) is 6.18. The number of alkyl halides is 1. The van der Waals surface area contributed by atoms with E-state index >= 15 is 0 Å². The summed E-state index contributed by atoms with van der Waals surface area (Å²) in [7, 11) is 0. The number of hydrazine groups is 1. The minimum Gasteiger partial charge on any atom is -0.280 e. The van der Waals surface area contributed by atoms with Gasteiger partial charge in [0.1, 0.15) is 0 Å². The second-order valence-electron chi connectivity index (χ2n) is 5.03. The van der Waals surface area contributed by atoms with Crippen molar-refractivity contribution in [1.29, 1.82) is 0 Å². The number of carbonyl (C=O) groups excluding carboxylic acids is 1. The normalized spacial score (nSPS) is 11.1. The lowest BCUT2D eigenvalue weighted by Crippen LogP contribution is -2.45. The molecule has 5 heteroatoms. The van der Waals surface area contributed by atoms with E-state index in [0.717, 1.165) is 6.54 Å². The summed E-state index contributed by atoms with van der Waals surface area (Å²) in [5.74, 6) is 6.08. The van der Waals surface area contributed by atoms with E-state index in [-0.39, 0.29) is 5.91 Å². The Morgan fingerprint density at radius 1 is 1.32 bits per heavy atom. The van der Waals surface area contributed by atoms with Gasteiger partial charge in [-0.05, 0) is 11.5 Å². The molecule has 0 radical (unpaired) electrons. The van der Waals surface area contributed by atoms with Crippen molar-refractivity contribution >= 4 is 21.8 Å². The maximum absolute atomic E-state index is 12.0. The Balaban J connectivity index is 2.50. The maximum Gasteiger partial charge on any atom is 0.250 e. The fraction of sp³-hybridized carbons (Fsp3) is 0.500. The van der Waals surface area contributed by atoms with Crippen LogP contribution in [0.2, 0.25) is 0 Å². The van der Waals surface area contributed by atoms with Gasteiger partial charge in [0.25, 0.3) is 5.91 Å². The van der Waals surface area contributed by atoms with Gasteiger partial charge >= 0.3 is 0 Å². The van der Waals surface area contributed by atoms with Gasteiger partial charge in [-0.3, -0.25) is 14.7 Å². The zero-order valence-corrected chi connectivity index (χ0v) is 13.1. The van der Waals surface area contributed by atoms with E-state index in [1.54, 1.807) is 0 Å². The molecule has 0 heterocycles. The molecule has 19 heavy (non-hydrogen) atoms. The highest BCUT2D eigenvalue weighted by Gasteiger charge is 2.15. The molecule has 0 aliphatic heterocycles. The van der Waals surface area contributed by atoms with Gasteiger partial charge in [-0.15, -0.1) is 0 Å². The van der Waals surface area contributed by atoms with Crippen molar-refractivity contribution in [3.8, 4) is 0 Å². The van der Waals surface area contributed by atoms with E-state index in [0.29, 0.717) is 24.5 Å². The summed E-state index contributed by atoms with van der Waals surface area (Å²) in [6.07, 6.45) is 0. The molecule has 0 aliphatic carbocycles. The quantitative estimate of drug-likeness (QED) is 0.274. The van der Waals surface area contributed by atoms with Crippen LogP contribution in [0.5, 0.6) is 0 Å². The summed E-state index contributed by atoms with van der Waals surface area (Å²) >= 11 is 3.42. The molecule has 0 aromatic heterocycles. The van der Waals surface area contributed by atoms with E-state index in [9.17, 15) is 4.79 Å². The minimum absolute atomic E-state index is 0.0518. The Kier molecular flexibility index (Phi) is 7.05. The number of benzene rings is 1. The molecule has 1 rings (SSSR count). The molecule has 1 amide bonds. The van der Waals surface area contributed by atoms with E-state index in [2.05, 4.69) is 28.1 Å². The Labute approximate surface area is 123 Å². The van der Waals surface area contributed by atoms with Gasteiger partial charge in [-0.25, -0.2) is 5.84 Å². The van der Waals surface area contributed by atoms with E-state index in [1.807, 2.05) is 36.9 Å². The minimum atomic E-state index is -0.0518. The van der Waals surface area contributed by atoms with Gasteiger partial charge in [0, 0.05) is 13.1 Å². The number of halogens is 1. The molecule has 1 aromatic carbocycles. The standard InChI is InChI=1S/C14H22BrN3O/c1-12(2)8-18(16)14(19)10-17(11-15)9-13-6-4-3-5-7-13/h3-7,12H,8-11,16H2,1-2H3. The van der Waals surface area contributed by atoms with Crippen LogP contribution in [0, 0.1) is 5.92 Å². The second kappa shape index (κ2) is 8.30. The number of hydrogen-bond acceptors (Lipinski definition) is 3. The molecule has 0 aliphatic rings. The van der Waals surface area contributed by atoms with Crippen LogP contribution in [0.3, 0.4) is 0 Å². The van der Waals surface area contributed by atoms with Gasteiger partial charge in [0.05, 0.1) is 12.0 Å². The van der Waals surface area contributed by atoms with Crippen LogP contribution in [0.25, 0.3) is 0 Å².